The molecule has 1 aliphatic rings. The number of benzene rings is 1. The fourth-order valence-electron chi connectivity index (χ4n) is 3.28. The van der Waals surface area contributed by atoms with E-state index in [1.807, 2.05) is 13.8 Å². The van der Waals surface area contributed by atoms with E-state index in [4.69, 9.17) is 4.98 Å². The zero-order valence-corrected chi connectivity index (χ0v) is 13.9. The molecule has 0 aliphatic heterocycles. The Labute approximate surface area is 140 Å². The average Bonchev–Trinajstić information content (AvgIpc) is 2.92. The third-order valence-corrected chi connectivity index (χ3v) is 4.48. The molecule has 0 unspecified atom stereocenters. The number of nitrogens with zero attached hydrogens (tertiary/aromatic N) is 3. The topological polar surface area (TPSA) is 63.6 Å². The number of aromatic nitrogens is 4. The van der Waals surface area contributed by atoms with Gasteiger partial charge in [-0.15, -0.1) is 0 Å². The quantitative estimate of drug-likeness (QED) is 0.787. The Hall–Kier alpha value is -2.69. The SMILES string of the molecule is CC(C)n1nc(-c2nc3c([nH]2)CCCc2ccccc2-3)ccc1=O. The number of hydrogen-bond donors (Lipinski definition) is 1. The van der Waals surface area contributed by atoms with Gasteiger partial charge in [-0.1, -0.05) is 24.3 Å². The second-order valence-electron chi connectivity index (χ2n) is 6.52. The number of imidazole rings is 1. The molecule has 5 nitrogen and oxygen atoms in total. The summed E-state index contributed by atoms with van der Waals surface area (Å²) in [6.45, 7) is 3.90. The molecule has 0 saturated carbocycles. The predicted molar refractivity (Wildman–Crippen MR) is 93.9 cm³/mol. The van der Waals surface area contributed by atoms with Crippen LogP contribution in [0.2, 0.25) is 0 Å². The van der Waals surface area contributed by atoms with Gasteiger partial charge in [0.2, 0.25) is 0 Å². The standard InChI is InChI=1S/C19H20N4O/c1-12(2)23-17(24)11-10-16(22-23)19-20-15-9-5-7-13-6-3-4-8-14(13)18(15)21-19/h3-4,6,8,10-12H,5,7,9H2,1-2H3,(H,20,21). The van der Waals surface area contributed by atoms with Crippen LogP contribution in [-0.4, -0.2) is 19.7 Å². The van der Waals surface area contributed by atoms with Crippen LogP contribution in [0, 0.1) is 0 Å². The maximum absolute atomic E-state index is 11.9. The summed E-state index contributed by atoms with van der Waals surface area (Å²) in [5.74, 6) is 0.728. The van der Waals surface area contributed by atoms with Crippen molar-refractivity contribution in [3.8, 4) is 22.8 Å². The summed E-state index contributed by atoms with van der Waals surface area (Å²) in [5.41, 5.74) is 5.32. The van der Waals surface area contributed by atoms with Crippen molar-refractivity contribution in [2.45, 2.75) is 39.2 Å². The first-order valence-corrected chi connectivity index (χ1v) is 8.41. The van der Waals surface area contributed by atoms with Crippen LogP contribution in [0.15, 0.2) is 41.2 Å². The van der Waals surface area contributed by atoms with Gasteiger partial charge in [-0.2, -0.15) is 5.10 Å². The summed E-state index contributed by atoms with van der Waals surface area (Å²) in [6, 6.07) is 11.8. The summed E-state index contributed by atoms with van der Waals surface area (Å²) >= 11 is 0. The minimum Gasteiger partial charge on any atom is -0.340 e. The molecule has 2 aromatic heterocycles. The van der Waals surface area contributed by atoms with E-state index in [1.54, 1.807) is 12.1 Å². The molecule has 5 heteroatoms. The highest BCUT2D eigenvalue weighted by Crippen LogP contribution is 2.32. The second-order valence-corrected chi connectivity index (χ2v) is 6.52. The highest BCUT2D eigenvalue weighted by atomic mass is 16.1. The molecule has 0 atom stereocenters. The van der Waals surface area contributed by atoms with Crippen LogP contribution in [-0.2, 0) is 12.8 Å². The molecule has 4 rings (SSSR count). The molecule has 24 heavy (non-hydrogen) atoms. The summed E-state index contributed by atoms with van der Waals surface area (Å²) in [6.07, 6.45) is 3.15. The molecule has 1 aromatic carbocycles. The van der Waals surface area contributed by atoms with Crippen molar-refractivity contribution in [2.75, 3.05) is 0 Å². The van der Waals surface area contributed by atoms with Gasteiger partial charge in [0.1, 0.15) is 5.69 Å². The Morgan fingerprint density at radius 2 is 1.96 bits per heavy atom. The van der Waals surface area contributed by atoms with Gasteiger partial charge in [-0.25, -0.2) is 9.67 Å². The molecule has 0 spiro atoms. The Kier molecular flexibility index (Phi) is 3.56. The molecule has 1 aliphatic carbocycles. The van der Waals surface area contributed by atoms with Gasteiger partial charge in [0, 0.05) is 17.3 Å². The van der Waals surface area contributed by atoms with Crippen LogP contribution in [0.4, 0.5) is 0 Å². The lowest BCUT2D eigenvalue weighted by atomic mass is 10.0. The van der Waals surface area contributed by atoms with Gasteiger partial charge in [0.25, 0.3) is 5.56 Å². The average molecular weight is 320 g/mol. The van der Waals surface area contributed by atoms with Crippen molar-refractivity contribution in [1.82, 2.24) is 19.7 Å². The minimum atomic E-state index is -0.0905. The van der Waals surface area contributed by atoms with Crippen LogP contribution in [0.25, 0.3) is 22.8 Å². The number of fused-ring (bicyclic) bond motifs is 3. The molecule has 0 saturated heterocycles. The Balaban J connectivity index is 1.84. The Morgan fingerprint density at radius 3 is 2.79 bits per heavy atom. The summed E-state index contributed by atoms with van der Waals surface area (Å²) in [4.78, 5) is 20.2. The van der Waals surface area contributed by atoms with E-state index >= 15 is 0 Å². The number of aromatic amines is 1. The maximum Gasteiger partial charge on any atom is 0.267 e. The third-order valence-electron chi connectivity index (χ3n) is 4.48. The molecule has 2 heterocycles. The van der Waals surface area contributed by atoms with Crippen molar-refractivity contribution in [3.63, 3.8) is 0 Å². The summed E-state index contributed by atoms with van der Waals surface area (Å²) < 4.78 is 1.50. The van der Waals surface area contributed by atoms with Gasteiger partial charge in [0.15, 0.2) is 5.82 Å². The first-order valence-electron chi connectivity index (χ1n) is 8.41. The summed E-state index contributed by atoms with van der Waals surface area (Å²) in [5, 5.41) is 4.48. The van der Waals surface area contributed by atoms with E-state index in [2.05, 4.69) is 34.3 Å². The third kappa shape index (κ3) is 2.46. The molecule has 0 bridgehead atoms. The molecule has 1 N–H and O–H groups in total. The molecule has 0 amide bonds. The lowest BCUT2D eigenvalue weighted by Gasteiger charge is -2.08. The van der Waals surface area contributed by atoms with E-state index in [1.165, 1.54) is 15.8 Å². The lowest BCUT2D eigenvalue weighted by molar-refractivity contribution is 0.504. The highest BCUT2D eigenvalue weighted by Gasteiger charge is 2.19. The van der Waals surface area contributed by atoms with Crippen LogP contribution in [0.5, 0.6) is 0 Å². The first kappa shape index (κ1) is 14.9. The van der Waals surface area contributed by atoms with Crippen molar-refractivity contribution in [3.05, 3.63) is 58.0 Å². The van der Waals surface area contributed by atoms with E-state index in [0.717, 1.165) is 36.5 Å². The van der Waals surface area contributed by atoms with Crippen LogP contribution < -0.4 is 5.56 Å². The minimum absolute atomic E-state index is 0.0194. The molecule has 3 aromatic rings. The van der Waals surface area contributed by atoms with Crippen molar-refractivity contribution in [1.29, 1.82) is 0 Å². The number of hydrogen-bond acceptors (Lipinski definition) is 3. The van der Waals surface area contributed by atoms with Gasteiger partial charge >= 0.3 is 0 Å². The normalized spacial score (nSPS) is 13.5. The first-order chi connectivity index (χ1) is 11.6. The fraction of sp³-hybridized carbons (Fsp3) is 0.316. The van der Waals surface area contributed by atoms with Gasteiger partial charge < -0.3 is 4.98 Å². The monoisotopic (exact) mass is 320 g/mol. The zero-order valence-electron chi connectivity index (χ0n) is 13.9. The maximum atomic E-state index is 11.9. The van der Waals surface area contributed by atoms with Crippen molar-refractivity contribution in [2.24, 2.45) is 0 Å². The number of nitrogens with one attached hydrogen (secondary N) is 1. The Morgan fingerprint density at radius 1 is 1.12 bits per heavy atom. The van der Waals surface area contributed by atoms with Crippen LogP contribution >= 0.6 is 0 Å². The predicted octanol–water partition coefficient (Wildman–Crippen LogP) is 3.37. The molecule has 0 fully saturated rings. The zero-order chi connectivity index (χ0) is 16.7. The fourth-order valence-corrected chi connectivity index (χ4v) is 3.28. The Bertz CT molecular complexity index is 952. The van der Waals surface area contributed by atoms with Gasteiger partial charge in [-0.05, 0) is 44.7 Å². The molecule has 0 radical (unpaired) electrons. The lowest BCUT2D eigenvalue weighted by Crippen LogP contribution is -2.24. The molecular formula is C19H20N4O. The van der Waals surface area contributed by atoms with E-state index in [9.17, 15) is 4.79 Å². The number of rotatable bonds is 2. The van der Waals surface area contributed by atoms with E-state index < -0.39 is 0 Å². The van der Waals surface area contributed by atoms with Crippen molar-refractivity contribution >= 4 is 0 Å². The number of aryl methyl sites for hydroxylation is 2. The van der Waals surface area contributed by atoms with Gasteiger partial charge in [-0.3, -0.25) is 4.79 Å². The van der Waals surface area contributed by atoms with Crippen LogP contribution in [0.3, 0.4) is 0 Å². The number of H-pyrrole nitrogens is 1. The van der Waals surface area contributed by atoms with Gasteiger partial charge in [0.05, 0.1) is 11.7 Å². The largest absolute Gasteiger partial charge is 0.340 e. The van der Waals surface area contributed by atoms with E-state index in [0.29, 0.717) is 5.69 Å². The smallest absolute Gasteiger partial charge is 0.267 e. The highest BCUT2D eigenvalue weighted by molar-refractivity contribution is 5.70. The van der Waals surface area contributed by atoms with Crippen LogP contribution in [0.1, 0.15) is 37.6 Å². The van der Waals surface area contributed by atoms with Crippen molar-refractivity contribution < 1.29 is 0 Å². The molecular weight excluding hydrogens is 300 g/mol. The van der Waals surface area contributed by atoms with E-state index in [-0.39, 0.29) is 11.6 Å². The second kappa shape index (κ2) is 5.74. The molecule has 122 valence electrons. The summed E-state index contributed by atoms with van der Waals surface area (Å²) in [7, 11) is 0.